The molecule has 0 unspecified atom stereocenters. The molecule has 0 aliphatic rings. The van der Waals surface area contributed by atoms with Crippen LogP contribution in [0.1, 0.15) is 20.8 Å². The Bertz CT molecular complexity index is 629. The average Bonchev–Trinajstić information content (AvgIpc) is 2.39. The molecule has 2 rings (SSSR count). The van der Waals surface area contributed by atoms with Gasteiger partial charge in [0, 0.05) is 6.20 Å². The Morgan fingerprint density at radius 3 is 2.58 bits per heavy atom. The molecule has 0 fully saturated rings. The number of carboxylic acid groups (broad SMARTS) is 1. The van der Waals surface area contributed by atoms with Crippen LogP contribution in [0, 0.1) is 0 Å². The van der Waals surface area contributed by atoms with Crippen LogP contribution in [0.25, 0.3) is 0 Å². The third-order valence-corrected chi connectivity index (χ3v) is 2.69. The summed E-state index contributed by atoms with van der Waals surface area (Å²) in [6.45, 7) is 0. The lowest BCUT2D eigenvalue weighted by atomic mass is 10.1. The molecule has 0 saturated carbocycles. The zero-order valence-corrected chi connectivity index (χ0v) is 10.4. The number of carbonyl (C=O) groups excluding carboxylic acids is 1. The van der Waals surface area contributed by atoms with Gasteiger partial charge in [-0.2, -0.15) is 0 Å². The molecule has 2 N–H and O–H groups in total. The van der Waals surface area contributed by atoms with E-state index in [1.165, 1.54) is 24.4 Å². The molecule has 0 bridgehead atoms. The summed E-state index contributed by atoms with van der Waals surface area (Å²) >= 11 is 5.81. The highest BCUT2D eigenvalue weighted by molar-refractivity contribution is 6.34. The van der Waals surface area contributed by atoms with Crippen molar-refractivity contribution in [3.05, 3.63) is 58.9 Å². The van der Waals surface area contributed by atoms with Gasteiger partial charge in [0.05, 0.1) is 10.7 Å². The third kappa shape index (κ3) is 2.89. The normalized spacial score (nSPS) is 9.95. The van der Waals surface area contributed by atoms with Crippen molar-refractivity contribution in [2.45, 2.75) is 0 Å². The van der Waals surface area contributed by atoms with Gasteiger partial charge in [0.2, 0.25) is 0 Å². The van der Waals surface area contributed by atoms with Gasteiger partial charge in [0.1, 0.15) is 11.3 Å². The van der Waals surface area contributed by atoms with Crippen LogP contribution in [-0.2, 0) is 0 Å². The number of aromatic carboxylic acids is 1. The second kappa shape index (κ2) is 5.49. The molecule has 6 heteroatoms. The molecule has 1 aromatic carbocycles. The topological polar surface area (TPSA) is 79.3 Å². The number of hydrogen-bond acceptors (Lipinski definition) is 3. The maximum atomic E-state index is 11.9. The quantitative estimate of drug-likeness (QED) is 0.903. The smallest absolute Gasteiger partial charge is 0.339 e. The van der Waals surface area contributed by atoms with E-state index in [0.29, 0.717) is 0 Å². The number of carboxylic acids is 1. The summed E-state index contributed by atoms with van der Waals surface area (Å²) in [7, 11) is 0. The number of pyridine rings is 1. The molecule has 0 radical (unpaired) electrons. The number of rotatable bonds is 3. The highest BCUT2D eigenvalue weighted by atomic mass is 35.5. The first kappa shape index (κ1) is 13.0. The minimum Gasteiger partial charge on any atom is -0.478 e. The zero-order valence-electron chi connectivity index (χ0n) is 9.63. The number of halogens is 1. The summed E-state index contributed by atoms with van der Waals surface area (Å²) in [5.41, 5.74) is 0.183. The monoisotopic (exact) mass is 276 g/mol. The van der Waals surface area contributed by atoms with Crippen LogP contribution in [0.4, 0.5) is 5.69 Å². The van der Waals surface area contributed by atoms with Crippen molar-refractivity contribution in [2.75, 3.05) is 5.32 Å². The lowest BCUT2D eigenvalue weighted by Gasteiger charge is -2.09. The maximum absolute atomic E-state index is 11.9. The van der Waals surface area contributed by atoms with Crippen molar-refractivity contribution in [1.82, 2.24) is 4.98 Å². The van der Waals surface area contributed by atoms with E-state index in [9.17, 15) is 9.59 Å². The Labute approximate surface area is 113 Å². The molecule has 0 atom stereocenters. The van der Waals surface area contributed by atoms with Gasteiger partial charge in [-0.15, -0.1) is 0 Å². The molecule has 96 valence electrons. The lowest BCUT2D eigenvalue weighted by molar-refractivity contribution is 0.0698. The summed E-state index contributed by atoms with van der Waals surface area (Å²) in [6, 6.07) is 9.34. The van der Waals surface area contributed by atoms with E-state index in [-0.39, 0.29) is 22.0 Å². The fourth-order valence-corrected chi connectivity index (χ4v) is 1.78. The second-order valence-corrected chi connectivity index (χ2v) is 4.04. The van der Waals surface area contributed by atoms with E-state index in [2.05, 4.69) is 10.3 Å². The third-order valence-electron chi connectivity index (χ3n) is 2.37. The van der Waals surface area contributed by atoms with E-state index in [4.69, 9.17) is 16.7 Å². The summed E-state index contributed by atoms with van der Waals surface area (Å²) in [6.07, 6.45) is 1.48. The van der Waals surface area contributed by atoms with Crippen LogP contribution in [0.15, 0.2) is 42.6 Å². The standard InChI is InChI=1S/C13H9ClN2O3/c14-8-4-3-6-9(11(8)13(18)19)16-12(17)10-5-1-2-7-15-10/h1-7H,(H,16,17)(H,18,19). The van der Waals surface area contributed by atoms with Crippen LogP contribution >= 0.6 is 11.6 Å². The van der Waals surface area contributed by atoms with Crippen molar-refractivity contribution in [2.24, 2.45) is 0 Å². The van der Waals surface area contributed by atoms with Crippen molar-refractivity contribution in [1.29, 1.82) is 0 Å². The minimum atomic E-state index is -1.21. The van der Waals surface area contributed by atoms with E-state index in [1.54, 1.807) is 18.2 Å². The first-order valence-electron chi connectivity index (χ1n) is 5.34. The molecule has 0 aliphatic heterocycles. The largest absolute Gasteiger partial charge is 0.478 e. The number of amides is 1. The molecular formula is C13H9ClN2O3. The summed E-state index contributed by atoms with van der Waals surface area (Å²) < 4.78 is 0. The number of anilines is 1. The predicted molar refractivity (Wildman–Crippen MR) is 70.6 cm³/mol. The van der Waals surface area contributed by atoms with Gasteiger partial charge in [-0.3, -0.25) is 9.78 Å². The van der Waals surface area contributed by atoms with Crippen molar-refractivity contribution in [3.8, 4) is 0 Å². The number of aromatic nitrogens is 1. The van der Waals surface area contributed by atoms with Crippen molar-refractivity contribution in [3.63, 3.8) is 0 Å². The number of nitrogens with zero attached hydrogens (tertiary/aromatic N) is 1. The Morgan fingerprint density at radius 2 is 1.95 bits per heavy atom. The fourth-order valence-electron chi connectivity index (χ4n) is 1.53. The van der Waals surface area contributed by atoms with E-state index >= 15 is 0 Å². The first-order valence-corrected chi connectivity index (χ1v) is 5.71. The van der Waals surface area contributed by atoms with Crippen LogP contribution in [-0.4, -0.2) is 22.0 Å². The SMILES string of the molecule is O=C(Nc1cccc(Cl)c1C(=O)O)c1ccccn1. The molecule has 1 aromatic heterocycles. The van der Waals surface area contributed by atoms with Crippen LogP contribution in [0.3, 0.4) is 0 Å². The molecule has 0 spiro atoms. The van der Waals surface area contributed by atoms with Crippen molar-refractivity contribution >= 4 is 29.2 Å². The fraction of sp³-hybridized carbons (Fsp3) is 0. The van der Waals surface area contributed by atoms with Gasteiger partial charge in [-0.1, -0.05) is 23.7 Å². The van der Waals surface area contributed by atoms with E-state index < -0.39 is 11.9 Å². The maximum Gasteiger partial charge on any atom is 0.339 e. The Kier molecular flexibility index (Phi) is 3.77. The van der Waals surface area contributed by atoms with Crippen molar-refractivity contribution < 1.29 is 14.7 Å². The highest BCUT2D eigenvalue weighted by Gasteiger charge is 2.17. The summed E-state index contributed by atoms with van der Waals surface area (Å²) in [5.74, 6) is -1.70. The Hall–Kier alpha value is -2.40. The molecule has 0 saturated heterocycles. The zero-order chi connectivity index (χ0) is 13.8. The molecule has 1 amide bonds. The average molecular weight is 277 g/mol. The van der Waals surface area contributed by atoms with Gasteiger partial charge in [-0.05, 0) is 24.3 Å². The molecule has 2 aromatic rings. The molecule has 5 nitrogen and oxygen atoms in total. The molecule has 1 heterocycles. The minimum absolute atomic E-state index is 0.0614. The van der Waals surface area contributed by atoms with Crippen LogP contribution in [0.2, 0.25) is 5.02 Å². The number of hydrogen-bond donors (Lipinski definition) is 2. The summed E-state index contributed by atoms with van der Waals surface area (Å²) in [5, 5.41) is 11.6. The number of nitrogens with one attached hydrogen (secondary N) is 1. The Balaban J connectivity index is 2.32. The van der Waals surface area contributed by atoms with Crippen LogP contribution < -0.4 is 5.32 Å². The Morgan fingerprint density at radius 1 is 1.16 bits per heavy atom. The lowest BCUT2D eigenvalue weighted by Crippen LogP contribution is -2.16. The molecule has 0 aliphatic carbocycles. The number of benzene rings is 1. The van der Waals surface area contributed by atoms with Gasteiger partial charge < -0.3 is 10.4 Å². The molecular weight excluding hydrogens is 268 g/mol. The highest BCUT2D eigenvalue weighted by Crippen LogP contribution is 2.24. The van der Waals surface area contributed by atoms with Gasteiger partial charge in [-0.25, -0.2) is 4.79 Å². The van der Waals surface area contributed by atoms with E-state index in [0.717, 1.165) is 0 Å². The number of carbonyl (C=O) groups is 2. The molecule has 19 heavy (non-hydrogen) atoms. The van der Waals surface area contributed by atoms with Crippen LogP contribution in [0.5, 0.6) is 0 Å². The van der Waals surface area contributed by atoms with Gasteiger partial charge in [0.25, 0.3) is 5.91 Å². The first-order chi connectivity index (χ1) is 9.09. The van der Waals surface area contributed by atoms with Gasteiger partial charge in [0.15, 0.2) is 0 Å². The van der Waals surface area contributed by atoms with E-state index in [1.807, 2.05) is 0 Å². The predicted octanol–water partition coefficient (Wildman–Crippen LogP) is 2.69. The van der Waals surface area contributed by atoms with Gasteiger partial charge >= 0.3 is 5.97 Å². The second-order valence-electron chi connectivity index (χ2n) is 3.64. The summed E-state index contributed by atoms with van der Waals surface area (Å²) in [4.78, 5) is 26.9.